The van der Waals surface area contributed by atoms with Crippen LogP contribution in [0.2, 0.25) is 0 Å². The molecule has 1 heterocycles. The maximum Gasteiger partial charge on any atom is 0.156 e. The van der Waals surface area contributed by atoms with Gasteiger partial charge in [-0.15, -0.1) is 4.39 Å². The summed E-state index contributed by atoms with van der Waals surface area (Å²) in [5.41, 5.74) is 0. The standard InChI is InChI=1S/C5H5FO2S/c6-2-1-5-3-8-9(7)4-5/h5H,3-4H2. The highest BCUT2D eigenvalue weighted by atomic mass is 32.2. The molecule has 0 N–H and O–H groups in total. The summed E-state index contributed by atoms with van der Waals surface area (Å²) in [6.45, 7) is 0.295. The minimum atomic E-state index is -1.22. The Morgan fingerprint density at radius 3 is 3.00 bits per heavy atom. The van der Waals surface area contributed by atoms with Gasteiger partial charge in [0.05, 0.1) is 18.3 Å². The van der Waals surface area contributed by atoms with Crippen molar-refractivity contribution in [3.63, 3.8) is 0 Å². The lowest BCUT2D eigenvalue weighted by molar-refractivity contribution is 0.357. The molecule has 1 saturated heterocycles. The molecule has 4 heteroatoms. The van der Waals surface area contributed by atoms with Gasteiger partial charge in [-0.25, -0.2) is 4.21 Å². The molecule has 0 aromatic heterocycles. The maximum atomic E-state index is 11.3. The molecule has 0 amide bonds. The molecule has 0 spiro atoms. The largest absolute Gasteiger partial charge is 0.289 e. The molecule has 0 aromatic carbocycles. The van der Waals surface area contributed by atoms with Crippen LogP contribution in [0.4, 0.5) is 4.39 Å². The van der Waals surface area contributed by atoms with Crippen LogP contribution in [0.15, 0.2) is 0 Å². The van der Waals surface area contributed by atoms with Gasteiger partial charge in [0.15, 0.2) is 11.1 Å². The van der Waals surface area contributed by atoms with E-state index in [0.717, 1.165) is 0 Å². The van der Waals surface area contributed by atoms with Gasteiger partial charge in [-0.2, -0.15) is 0 Å². The molecule has 1 rings (SSSR count). The highest BCUT2D eigenvalue weighted by Crippen LogP contribution is 2.09. The average Bonchev–Trinajstić information content (AvgIpc) is 2.17. The van der Waals surface area contributed by atoms with Gasteiger partial charge in [-0.05, 0) is 0 Å². The third-order valence-corrected chi connectivity index (χ3v) is 2.07. The maximum absolute atomic E-state index is 11.3. The van der Waals surface area contributed by atoms with Gasteiger partial charge < -0.3 is 0 Å². The Bertz CT molecular complexity index is 181. The van der Waals surface area contributed by atoms with Crippen LogP contribution in [0, 0.1) is 18.0 Å². The molecule has 9 heavy (non-hydrogen) atoms. The molecule has 2 nitrogen and oxygen atoms in total. The molecular weight excluding hydrogens is 143 g/mol. The van der Waals surface area contributed by atoms with Crippen LogP contribution in [0.1, 0.15) is 0 Å². The summed E-state index contributed by atoms with van der Waals surface area (Å²) in [5, 5.41) is 0. The van der Waals surface area contributed by atoms with E-state index in [9.17, 15) is 8.60 Å². The second-order valence-electron chi connectivity index (χ2n) is 1.69. The molecule has 2 unspecified atom stereocenters. The van der Waals surface area contributed by atoms with Crippen molar-refractivity contribution >= 4 is 11.1 Å². The van der Waals surface area contributed by atoms with E-state index in [4.69, 9.17) is 0 Å². The van der Waals surface area contributed by atoms with Crippen LogP contribution in [-0.2, 0) is 15.3 Å². The van der Waals surface area contributed by atoms with E-state index in [1.807, 2.05) is 0 Å². The molecule has 0 saturated carbocycles. The highest BCUT2D eigenvalue weighted by Gasteiger charge is 2.19. The molecule has 50 valence electrons. The van der Waals surface area contributed by atoms with Gasteiger partial charge in [0.25, 0.3) is 0 Å². The molecule has 0 aliphatic carbocycles. The predicted octanol–water partition coefficient (Wildman–Crippen LogP) is 0.227. The summed E-state index contributed by atoms with van der Waals surface area (Å²) < 4.78 is 26.3. The summed E-state index contributed by atoms with van der Waals surface area (Å²) in [5.74, 6) is 2.41. The fourth-order valence-electron chi connectivity index (χ4n) is 0.579. The lowest BCUT2D eigenvalue weighted by atomic mass is 10.2. The Kier molecular flexibility index (Phi) is 2.20. The van der Waals surface area contributed by atoms with Crippen LogP contribution in [-0.4, -0.2) is 16.6 Å². The zero-order chi connectivity index (χ0) is 6.69. The smallest absolute Gasteiger partial charge is 0.156 e. The quantitative estimate of drug-likeness (QED) is 0.459. The van der Waals surface area contributed by atoms with Crippen LogP contribution in [0.5, 0.6) is 0 Å². The van der Waals surface area contributed by atoms with E-state index in [2.05, 4.69) is 10.1 Å². The van der Waals surface area contributed by atoms with Gasteiger partial charge in [-0.3, -0.25) is 4.18 Å². The van der Waals surface area contributed by atoms with Crippen molar-refractivity contribution in [2.24, 2.45) is 5.92 Å². The lowest BCUT2D eigenvalue weighted by Gasteiger charge is -1.86. The number of rotatable bonds is 0. The van der Waals surface area contributed by atoms with Gasteiger partial charge in [-0.1, -0.05) is 5.92 Å². The minimum Gasteiger partial charge on any atom is -0.289 e. The number of halogens is 1. The topological polar surface area (TPSA) is 26.3 Å². The van der Waals surface area contributed by atoms with Crippen LogP contribution >= 0.6 is 0 Å². The fraction of sp³-hybridized carbons (Fsp3) is 0.600. The fourth-order valence-corrected chi connectivity index (χ4v) is 1.50. The monoisotopic (exact) mass is 148 g/mol. The van der Waals surface area contributed by atoms with Crippen molar-refractivity contribution < 1.29 is 12.8 Å². The van der Waals surface area contributed by atoms with E-state index in [0.29, 0.717) is 12.4 Å². The van der Waals surface area contributed by atoms with E-state index < -0.39 is 11.1 Å². The van der Waals surface area contributed by atoms with Crippen molar-refractivity contribution in [2.45, 2.75) is 0 Å². The van der Waals surface area contributed by atoms with Crippen molar-refractivity contribution in [2.75, 3.05) is 12.4 Å². The summed E-state index contributed by atoms with van der Waals surface area (Å²) in [7, 11) is 0. The van der Waals surface area contributed by atoms with Crippen LogP contribution in [0.25, 0.3) is 0 Å². The second kappa shape index (κ2) is 2.95. The first-order valence-electron chi connectivity index (χ1n) is 2.45. The van der Waals surface area contributed by atoms with Gasteiger partial charge >= 0.3 is 0 Å². The zero-order valence-electron chi connectivity index (χ0n) is 4.59. The Labute approximate surface area is 55.1 Å². The van der Waals surface area contributed by atoms with Gasteiger partial charge in [0.2, 0.25) is 0 Å². The van der Waals surface area contributed by atoms with Crippen LogP contribution in [0.3, 0.4) is 0 Å². The molecule has 0 bridgehead atoms. The summed E-state index contributed by atoms with van der Waals surface area (Å²) in [6.07, 6.45) is 1.27. The lowest BCUT2D eigenvalue weighted by Crippen LogP contribution is -1.98. The first-order valence-corrected chi connectivity index (χ1v) is 3.70. The second-order valence-corrected chi connectivity index (χ2v) is 2.87. The molecule has 1 aliphatic heterocycles. The van der Waals surface area contributed by atoms with Crippen molar-refractivity contribution in [3.8, 4) is 12.1 Å². The third-order valence-electron chi connectivity index (χ3n) is 0.997. The van der Waals surface area contributed by atoms with E-state index in [-0.39, 0.29) is 5.92 Å². The average molecular weight is 148 g/mol. The highest BCUT2D eigenvalue weighted by molar-refractivity contribution is 7.80. The van der Waals surface area contributed by atoms with Crippen molar-refractivity contribution in [1.82, 2.24) is 0 Å². The van der Waals surface area contributed by atoms with Crippen molar-refractivity contribution in [1.29, 1.82) is 0 Å². The van der Waals surface area contributed by atoms with E-state index in [1.165, 1.54) is 6.17 Å². The normalized spacial score (nSPS) is 33.4. The third kappa shape index (κ3) is 1.77. The summed E-state index contributed by atoms with van der Waals surface area (Å²) in [4.78, 5) is 0. The number of hydrogen-bond donors (Lipinski definition) is 0. The zero-order valence-corrected chi connectivity index (χ0v) is 5.41. The van der Waals surface area contributed by atoms with E-state index >= 15 is 0 Å². The Morgan fingerprint density at radius 2 is 2.56 bits per heavy atom. The SMILES string of the molecule is O=S1CC(C#CF)CO1. The predicted molar refractivity (Wildman–Crippen MR) is 31.3 cm³/mol. The Balaban J connectivity index is 2.45. The first kappa shape index (κ1) is 6.72. The molecular formula is C5H5FO2S. The van der Waals surface area contributed by atoms with Crippen molar-refractivity contribution in [3.05, 3.63) is 0 Å². The Hall–Kier alpha value is -0.400. The molecule has 0 aromatic rings. The number of hydrogen-bond acceptors (Lipinski definition) is 2. The minimum absolute atomic E-state index is 0.171. The summed E-state index contributed by atoms with van der Waals surface area (Å²) in [6, 6.07) is 0. The summed E-state index contributed by atoms with van der Waals surface area (Å²) >= 11 is -1.22. The van der Waals surface area contributed by atoms with Crippen LogP contribution < -0.4 is 0 Å². The molecule has 1 aliphatic rings. The first-order chi connectivity index (χ1) is 4.33. The Morgan fingerprint density at radius 1 is 1.78 bits per heavy atom. The van der Waals surface area contributed by atoms with Gasteiger partial charge in [0, 0.05) is 0 Å². The molecule has 2 atom stereocenters. The van der Waals surface area contributed by atoms with Gasteiger partial charge in [0.1, 0.15) is 6.17 Å². The van der Waals surface area contributed by atoms with E-state index in [1.54, 1.807) is 0 Å². The molecule has 1 fully saturated rings. The molecule has 0 radical (unpaired) electrons.